The van der Waals surface area contributed by atoms with Crippen molar-refractivity contribution in [3.8, 4) is 0 Å². The van der Waals surface area contributed by atoms with Crippen molar-refractivity contribution in [1.82, 2.24) is 0 Å². The van der Waals surface area contributed by atoms with Crippen LogP contribution >= 0.6 is 0 Å². The molecule has 0 saturated heterocycles. The zero-order valence-corrected chi connectivity index (χ0v) is 16.3. The summed E-state index contributed by atoms with van der Waals surface area (Å²) in [5.41, 5.74) is 8.18. The van der Waals surface area contributed by atoms with Crippen molar-refractivity contribution in [2.75, 3.05) is 0 Å². The summed E-state index contributed by atoms with van der Waals surface area (Å²) < 4.78 is 0. The third kappa shape index (κ3) is 6.06. The lowest BCUT2D eigenvalue weighted by molar-refractivity contribution is 1.12. The molecule has 0 atom stereocenters. The molecule has 0 amide bonds. The molecule has 0 aliphatic rings. The van der Waals surface area contributed by atoms with Crippen LogP contribution in [0.1, 0.15) is 70.7 Å². The predicted octanol–water partition coefficient (Wildman–Crippen LogP) is 7.45. The van der Waals surface area contributed by atoms with E-state index in [4.69, 9.17) is 0 Å². The van der Waals surface area contributed by atoms with Gasteiger partial charge >= 0.3 is 0 Å². The summed E-state index contributed by atoms with van der Waals surface area (Å²) >= 11 is 0. The summed E-state index contributed by atoms with van der Waals surface area (Å²) in [7, 11) is 0. The molecule has 0 fully saturated rings. The van der Waals surface area contributed by atoms with Gasteiger partial charge in [-0.1, -0.05) is 94.3 Å². The smallest absolute Gasteiger partial charge is 0.0122 e. The molecule has 2 aromatic carbocycles. The van der Waals surface area contributed by atoms with E-state index in [1.165, 1.54) is 33.4 Å². The molecule has 2 aromatic rings. The Bertz CT molecular complexity index is 585. The van der Waals surface area contributed by atoms with Crippen LogP contribution < -0.4 is 0 Å². The van der Waals surface area contributed by atoms with Gasteiger partial charge in [0.15, 0.2) is 0 Å². The van der Waals surface area contributed by atoms with Crippen LogP contribution in [0.5, 0.6) is 0 Å². The molecule has 0 N–H and O–H groups in total. The van der Waals surface area contributed by atoms with E-state index in [1.807, 2.05) is 27.7 Å². The molecule has 0 aliphatic carbocycles. The fourth-order valence-electron chi connectivity index (χ4n) is 2.55. The fourth-order valence-corrected chi connectivity index (χ4v) is 2.55. The minimum atomic E-state index is 1.07. The quantitative estimate of drug-likeness (QED) is 0.552. The van der Waals surface area contributed by atoms with Crippen LogP contribution in [-0.2, 0) is 6.42 Å². The fraction of sp³-hybridized carbons (Fsp3) is 0.391. The van der Waals surface area contributed by atoms with Crippen LogP contribution in [0.2, 0.25) is 0 Å². The number of rotatable bonds is 3. The second kappa shape index (κ2) is 11.7. The first-order valence-electron chi connectivity index (χ1n) is 8.96. The Kier molecular flexibility index (Phi) is 10.8. The molecule has 23 heavy (non-hydrogen) atoms. The van der Waals surface area contributed by atoms with E-state index in [-0.39, 0.29) is 0 Å². The third-order valence-electron chi connectivity index (χ3n) is 3.48. The van der Waals surface area contributed by atoms with Gasteiger partial charge in [0.05, 0.1) is 0 Å². The number of aryl methyl sites for hydroxylation is 2. The van der Waals surface area contributed by atoms with Gasteiger partial charge in [-0.15, -0.1) is 0 Å². The molecule has 0 unspecified atom stereocenters. The predicted molar refractivity (Wildman–Crippen MR) is 107 cm³/mol. The molecule has 0 aliphatic heterocycles. The van der Waals surface area contributed by atoms with Crippen molar-refractivity contribution in [2.45, 2.75) is 61.8 Å². The highest BCUT2D eigenvalue weighted by atomic mass is 14.1. The van der Waals surface area contributed by atoms with Crippen LogP contribution in [0.15, 0.2) is 54.1 Å². The monoisotopic (exact) mass is 310 g/mol. The Morgan fingerprint density at radius 3 is 1.87 bits per heavy atom. The van der Waals surface area contributed by atoms with Crippen LogP contribution in [0, 0.1) is 6.92 Å². The van der Waals surface area contributed by atoms with Crippen molar-refractivity contribution in [2.24, 2.45) is 0 Å². The molecule has 0 heterocycles. The lowest BCUT2D eigenvalue weighted by Crippen LogP contribution is -1.97. The summed E-state index contributed by atoms with van der Waals surface area (Å²) in [6.45, 7) is 16.8. The first-order chi connectivity index (χ1) is 11.1. The average Bonchev–Trinajstić information content (AvgIpc) is 2.59. The van der Waals surface area contributed by atoms with Crippen LogP contribution in [0.4, 0.5) is 0 Å². The van der Waals surface area contributed by atoms with Gasteiger partial charge in [-0.25, -0.2) is 0 Å². The van der Waals surface area contributed by atoms with E-state index < -0.39 is 0 Å². The van der Waals surface area contributed by atoms with E-state index in [0.717, 1.165) is 6.42 Å². The summed E-state index contributed by atoms with van der Waals surface area (Å²) in [6.07, 6.45) is 1.07. The Morgan fingerprint density at radius 2 is 1.39 bits per heavy atom. The van der Waals surface area contributed by atoms with Gasteiger partial charge in [-0.3, -0.25) is 0 Å². The van der Waals surface area contributed by atoms with Gasteiger partial charge < -0.3 is 0 Å². The Hall–Kier alpha value is -1.82. The van der Waals surface area contributed by atoms with Gasteiger partial charge in [0, 0.05) is 0 Å². The first-order valence-corrected chi connectivity index (χ1v) is 8.96. The molecular weight excluding hydrogens is 276 g/mol. The summed E-state index contributed by atoms with van der Waals surface area (Å²) in [4.78, 5) is 0. The largest absolute Gasteiger partial charge is 0.0683 e. The highest BCUT2D eigenvalue weighted by molar-refractivity contribution is 5.83. The third-order valence-corrected chi connectivity index (χ3v) is 3.48. The van der Waals surface area contributed by atoms with E-state index in [0.29, 0.717) is 0 Å². The van der Waals surface area contributed by atoms with Crippen molar-refractivity contribution in [3.05, 3.63) is 76.4 Å². The standard InChI is InChI=1S/C19H22.2C2H6/c1-5-16-12-11-15(4)13-18(16)19(14(2)3)17-9-7-6-8-10-17;2*1-2/h6-13H,5H2,1-4H3;2*1-2H3. The van der Waals surface area contributed by atoms with Crippen molar-refractivity contribution in [3.63, 3.8) is 0 Å². The lowest BCUT2D eigenvalue weighted by atomic mass is 9.89. The number of benzene rings is 2. The first kappa shape index (κ1) is 21.2. The van der Waals surface area contributed by atoms with Crippen LogP contribution in [0.3, 0.4) is 0 Å². The van der Waals surface area contributed by atoms with Gasteiger partial charge in [0.25, 0.3) is 0 Å². The number of hydrogen-bond acceptors (Lipinski definition) is 0. The highest BCUT2D eigenvalue weighted by Crippen LogP contribution is 2.30. The molecule has 0 saturated carbocycles. The van der Waals surface area contributed by atoms with Gasteiger partial charge in [-0.05, 0) is 49.5 Å². The molecule has 2 rings (SSSR count). The minimum absolute atomic E-state index is 1.07. The molecule has 0 nitrogen and oxygen atoms in total. The molecule has 126 valence electrons. The highest BCUT2D eigenvalue weighted by Gasteiger charge is 2.10. The minimum Gasteiger partial charge on any atom is -0.0683 e. The second-order valence-electron chi connectivity index (χ2n) is 5.26. The topological polar surface area (TPSA) is 0 Å². The molecular formula is C23H34. The van der Waals surface area contributed by atoms with Crippen molar-refractivity contribution in [1.29, 1.82) is 0 Å². The summed E-state index contributed by atoms with van der Waals surface area (Å²) in [5.74, 6) is 0. The summed E-state index contributed by atoms with van der Waals surface area (Å²) in [6, 6.07) is 17.5. The van der Waals surface area contributed by atoms with Crippen molar-refractivity contribution < 1.29 is 0 Å². The van der Waals surface area contributed by atoms with Gasteiger partial charge in [0.2, 0.25) is 0 Å². The number of hydrogen-bond donors (Lipinski definition) is 0. The van der Waals surface area contributed by atoms with E-state index in [1.54, 1.807) is 0 Å². The maximum atomic E-state index is 2.31. The van der Waals surface area contributed by atoms with E-state index in [2.05, 4.69) is 76.2 Å². The normalized spacial score (nSPS) is 9.04. The Balaban J connectivity index is 0.00000112. The second-order valence-corrected chi connectivity index (χ2v) is 5.26. The molecule has 0 radical (unpaired) electrons. The average molecular weight is 311 g/mol. The Morgan fingerprint density at radius 1 is 0.826 bits per heavy atom. The van der Waals surface area contributed by atoms with Crippen LogP contribution in [0.25, 0.3) is 5.57 Å². The zero-order chi connectivity index (χ0) is 17.8. The lowest BCUT2D eigenvalue weighted by Gasteiger charge is -2.16. The maximum absolute atomic E-state index is 2.31. The van der Waals surface area contributed by atoms with E-state index in [9.17, 15) is 0 Å². The maximum Gasteiger partial charge on any atom is -0.0122 e. The van der Waals surface area contributed by atoms with E-state index >= 15 is 0 Å². The summed E-state index contributed by atoms with van der Waals surface area (Å²) in [5, 5.41) is 0. The van der Waals surface area contributed by atoms with Crippen molar-refractivity contribution >= 4 is 5.57 Å². The van der Waals surface area contributed by atoms with Crippen LogP contribution in [-0.4, -0.2) is 0 Å². The SMILES string of the molecule is CC.CC.CCc1ccc(C)cc1C(=C(C)C)c1ccccc1. The number of allylic oxidation sites excluding steroid dienone is 1. The van der Waals surface area contributed by atoms with Gasteiger partial charge in [-0.2, -0.15) is 0 Å². The zero-order valence-electron chi connectivity index (χ0n) is 16.3. The molecule has 0 aromatic heterocycles. The molecule has 0 heteroatoms. The van der Waals surface area contributed by atoms with Gasteiger partial charge in [0.1, 0.15) is 0 Å². The molecule has 0 spiro atoms. The Labute approximate surface area is 144 Å². The molecule has 0 bridgehead atoms.